The summed E-state index contributed by atoms with van der Waals surface area (Å²) in [6, 6.07) is 3.42. The van der Waals surface area contributed by atoms with Crippen molar-refractivity contribution in [2.24, 2.45) is 5.73 Å². The number of halogens is 1. The normalized spacial score (nSPS) is 18.8. The highest BCUT2D eigenvalue weighted by Crippen LogP contribution is 2.35. The number of carbonyl (C=O) groups excluding carboxylic acids is 1. The molecule has 1 atom stereocenters. The van der Waals surface area contributed by atoms with Crippen LogP contribution in [-0.2, 0) is 11.2 Å². The monoisotopic (exact) mass is 255 g/mol. The summed E-state index contributed by atoms with van der Waals surface area (Å²) in [4.78, 5) is 11.2. The van der Waals surface area contributed by atoms with Gasteiger partial charge in [-0.25, -0.2) is 0 Å². The Bertz CT molecular complexity index is 448. The van der Waals surface area contributed by atoms with Crippen molar-refractivity contribution in [1.29, 1.82) is 0 Å². The number of hydrogen-bond acceptors (Lipinski definition) is 3. The van der Waals surface area contributed by atoms with Crippen LogP contribution in [0.5, 0.6) is 0 Å². The number of hydrogen-bond donors (Lipinski definition) is 2. The Kier molecular flexibility index (Phi) is 3.66. The third kappa shape index (κ3) is 2.29. The number of aliphatic hydroxyl groups is 1. The van der Waals surface area contributed by atoms with Gasteiger partial charge in [-0.05, 0) is 23.6 Å². The third-order valence-corrected chi connectivity index (χ3v) is 3.39. The summed E-state index contributed by atoms with van der Waals surface area (Å²) in [5.74, 6) is -0.525. The van der Waals surface area contributed by atoms with E-state index in [-0.39, 0.29) is 12.7 Å². The van der Waals surface area contributed by atoms with Gasteiger partial charge in [0.2, 0.25) is 5.91 Å². The summed E-state index contributed by atoms with van der Waals surface area (Å²) < 4.78 is 5.57. The molecule has 0 aromatic heterocycles. The third-order valence-electron chi connectivity index (χ3n) is 2.95. The van der Waals surface area contributed by atoms with Crippen LogP contribution in [0.3, 0.4) is 0 Å². The zero-order valence-electron chi connectivity index (χ0n) is 9.28. The Hall–Kier alpha value is -1.10. The van der Waals surface area contributed by atoms with Crippen LogP contribution in [0.1, 0.15) is 34.0 Å². The predicted octanol–water partition coefficient (Wildman–Crippen LogP) is 1.44. The van der Waals surface area contributed by atoms with E-state index < -0.39 is 5.91 Å². The molecule has 0 bridgehead atoms. The van der Waals surface area contributed by atoms with Gasteiger partial charge in [-0.3, -0.25) is 4.79 Å². The van der Waals surface area contributed by atoms with Gasteiger partial charge < -0.3 is 15.6 Å². The molecule has 1 aliphatic heterocycles. The van der Waals surface area contributed by atoms with E-state index in [0.717, 1.165) is 11.1 Å². The molecule has 4 nitrogen and oxygen atoms in total. The lowest BCUT2D eigenvalue weighted by atomic mass is 9.93. The first-order valence-corrected chi connectivity index (χ1v) is 5.86. The molecule has 0 unspecified atom stereocenters. The Labute approximate surface area is 104 Å². The molecular weight excluding hydrogens is 242 g/mol. The quantitative estimate of drug-likeness (QED) is 0.858. The Morgan fingerprint density at radius 1 is 1.59 bits per heavy atom. The zero-order valence-corrected chi connectivity index (χ0v) is 10.0. The first-order chi connectivity index (χ1) is 8.15. The average molecular weight is 256 g/mol. The van der Waals surface area contributed by atoms with E-state index >= 15 is 0 Å². The molecule has 0 aliphatic carbocycles. The largest absolute Gasteiger partial charge is 0.396 e. The smallest absolute Gasteiger partial charge is 0.250 e. The summed E-state index contributed by atoms with van der Waals surface area (Å²) in [6.45, 7) is 0.596. The molecule has 0 saturated heterocycles. The maximum absolute atomic E-state index is 11.2. The molecule has 1 aromatic rings. The highest BCUT2D eigenvalue weighted by atomic mass is 35.5. The number of amides is 1. The number of aliphatic hydroxyl groups excluding tert-OH is 1. The number of ether oxygens (including phenoxy) is 1. The zero-order chi connectivity index (χ0) is 12.4. The lowest BCUT2D eigenvalue weighted by Crippen LogP contribution is -2.20. The van der Waals surface area contributed by atoms with Crippen LogP contribution in [0.4, 0.5) is 0 Å². The van der Waals surface area contributed by atoms with Gasteiger partial charge in [0, 0.05) is 13.0 Å². The summed E-state index contributed by atoms with van der Waals surface area (Å²) in [5, 5.41) is 9.39. The van der Waals surface area contributed by atoms with Crippen LogP contribution >= 0.6 is 11.6 Å². The molecule has 0 saturated carbocycles. The van der Waals surface area contributed by atoms with Gasteiger partial charge in [0.15, 0.2) is 0 Å². The highest BCUT2D eigenvalue weighted by molar-refractivity contribution is 6.34. The van der Waals surface area contributed by atoms with Crippen LogP contribution < -0.4 is 5.73 Å². The minimum atomic E-state index is -0.525. The first-order valence-electron chi connectivity index (χ1n) is 5.48. The molecule has 5 heteroatoms. The van der Waals surface area contributed by atoms with Crippen molar-refractivity contribution in [1.82, 2.24) is 0 Å². The van der Waals surface area contributed by atoms with Crippen molar-refractivity contribution in [3.63, 3.8) is 0 Å². The van der Waals surface area contributed by atoms with Gasteiger partial charge in [-0.1, -0.05) is 17.7 Å². The molecule has 17 heavy (non-hydrogen) atoms. The summed E-state index contributed by atoms with van der Waals surface area (Å²) in [5.41, 5.74) is 7.44. The second-order valence-electron chi connectivity index (χ2n) is 3.98. The van der Waals surface area contributed by atoms with E-state index in [1.807, 2.05) is 0 Å². The highest BCUT2D eigenvalue weighted by Gasteiger charge is 2.24. The van der Waals surface area contributed by atoms with Crippen LogP contribution in [0.15, 0.2) is 12.1 Å². The van der Waals surface area contributed by atoms with E-state index in [2.05, 4.69) is 0 Å². The number of benzene rings is 1. The molecule has 92 valence electrons. The minimum absolute atomic E-state index is 0.0549. The fourth-order valence-electron chi connectivity index (χ4n) is 2.13. The molecule has 0 spiro atoms. The van der Waals surface area contributed by atoms with Gasteiger partial charge in [-0.2, -0.15) is 0 Å². The van der Waals surface area contributed by atoms with Gasteiger partial charge in [0.05, 0.1) is 23.3 Å². The van der Waals surface area contributed by atoms with Crippen molar-refractivity contribution in [3.8, 4) is 0 Å². The lowest BCUT2D eigenvalue weighted by Gasteiger charge is -2.27. The van der Waals surface area contributed by atoms with E-state index in [4.69, 9.17) is 27.2 Å². The number of carbonyl (C=O) groups is 1. The SMILES string of the molecule is NC(=O)c1ccc2c(c1Cl)CCO[C@H]2CCO. The standard InChI is InChI=1S/C12H14ClNO3/c13-11-8-4-6-17-10(3-5-15)7(8)1-2-9(11)12(14)16/h1-2,10,15H,3-6H2,(H2,14,16)/t10-/m0/s1. The number of fused-ring (bicyclic) bond motifs is 1. The summed E-state index contributed by atoms with van der Waals surface area (Å²) in [6.07, 6.45) is 1.04. The lowest BCUT2D eigenvalue weighted by molar-refractivity contribution is 0.0253. The van der Waals surface area contributed by atoms with E-state index in [0.29, 0.717) is 30.0 Å². The summed E-state index contributed by atoms with van der Waals surface area (Å²) in [7, 11) is 0. The Balaban J connectivity index is 2.45. The number of primary amides is 1. The minimum Gasteiger partial charge on any atom is -0.396 e. The van der Waals surface area contributed by atoms with Crippen molar-refractivity contribution >= 4 is 17.5 Å². The fraction of sp³-hybridized carbons (Fsp3) is 0.417. The van der Waals surface area contributed by atoms with Gasteiger partial charge in [0.1, 0.15) is 0 Å². The number of nitrogens with two attached hydrogens (primary N) is 1. The molecule has 1 aliphatic rings. The Morgan fingerprint density at radius 2 is 2.35 bits per heavy atom. The molecule has 0 radical (unpaired) electrons. The molecule has 1 amide bonds. The topological polar surface area (TPSA) is 72.6 Å². The van der Waals surface area contributed by atoms with Crippen LogP contribution in [0.2, 0.25) is 5.02 Å². The number of rotatable bonds is 3. The van der Waals surface area contributed by atoms with Crippen LogP contribution in [-0.4, -0.2) is 24.2 Å². The van der Waals surface area contributed by atoms with Gasteiger partial charge >= 0.3 is 0 Å². The molecular formula is C12H14ClNO3. The van der Waals surface area contributed by atoms with Crippen molar-refractivity contribution < 1.29 is 14.6 Å². The molecule has 0 fully saturated rings. The molecule has 3 N–H and O–H groups in total. The second-order valence-corrected chi connectivity index (χ2v) is 4.36. The van der Waals surface area contributed by atoms with E-state index in [1.165, 1.54) is 0 Å². The fourth-order valence-corrected chi connectivity index (χ4v) is 2.49. The Morgan fingerprint density at radius 3 is 3.00 bits per heavy atom. The van der Waals surface area contributed by atoms with Crippen molar-refractivity contribution in [2.45, 2.75) is 18.9 Å². The second kappa shape index (κ2) is 5.04. The maximum atomic E-state index is 11.2. The molecule has 1 aromatic carbocycles. The van der Waals surface area contributed by atoms with Crippen LogP contribution in [0.25, 0.3) is 0 Å². The molecule has 1 heterocycles. The van der Waals surface area contributed by atoms with Crippen LogP contribution in [0, 0.1) is 0 Å². The van der Waals surface area contributed by atoms with Crippen molar-refractivity contribution in [3.05, 3.63) is 33.8 Å². The molecule has 2 rings (SSSR count). The average Bonchev–Trinajstić information content (AvgIpc) is 2.30. The maximum Gasteiger partial charge on any atom is 0.250 e. The van der Waals surface area contributed by atoms with Gasteiger partial charge in [-0.15, -0.1) is 0 Å². The van der Waals surface area contributed by atoms with Crippen molar-refractivity contribution in [2.75, 3.05) is 13.2 Å². The first kappa shape index (κ1) is 12.4. The van der Waals surface area contributed by atoms with E-state index in [9.17, 15) is 4.79 Å². The predicted molar refractivity (Wildman–Crippen MR) is 64.1 cm³/mol. The van der Waals surface area contributed by atoms with E-state index in [1.54, 1.807) is 12.1 Å². The van der Waals surface area contributed by atoms with Gasteiger partial charge in [0.25, 0.3) is 0 Å². The summed E-state index contributed by atoms with van der Waals surface area (Å²) >= 11 is 6.17.